The van der Waals surface area contributed by atoms with Crippen LogP contribution in [0, 0.1) is 19.8 Å². The van der Waals surface area contributed by atoms with E-state index in [1.165, 1.54) is 5.56 Å². The minimum Gasteiger partial charge on any atom is -0.455 e. The van der Waals surface area contributed by atoms with Crippen molar-refractivity contribution >= 4 is 11.9 Å². The van der Waals surface area contributed by atoms with Crippen molar-refractivity contribution in [3.63, 3.8) is 0 Å². The maximum Gasteiger partial charge on any atom is 0.310 e. The fraction of sp³-hybridized carbons (Fsp3) is 0.579. The van der Waals surface area contributed by atoms with E-state index in [1.54, 1.807) is 0 Å². The average molecular weight is 317 g/mol. The number of benzene rings is 1. The van der Waals surface area contributed by atoms with Crippen LogP contribution >= 0.6 is 0 Å². The highest BCUT2D eigenvalue weighted by molar-refractivity contribution is 5.81. The summed E-state index contributed by atoms with van der Waals surface area (Å²) < 4.78 is 5.09. The van der Waals surface area contributed by atoms with E-state index < -0.39 is 0 Å². The topological polar surface area (TPSA) is 55.4 Å². The van der Waals surface area contributed by atoms with E-state index in [1.807, 2.05) is 32.0 Å². The molecule has 1 amide bonds. The molecule has 2 rings (SSSR count). The molecule has 0 unspecified atom stereocenters. The minimum atomic E-state index is -0.360. The Balaban J connectivity index is 1.71. The van der Waals surface area contributed by atoms with Gasteiger partial charge in [0.15, 0.2) is 6.61 Å². The van der Waals surface area contributed by atoms with Gasteiger partial charge in [-0.25, -0.2) is 0 Å². The summed E-state index contributed by atoms with van der Waals surface area (Å²) in [7, 11) is 0. The van der Waals surface area contributed by atoms with Crippen molar-refractivity contribution in [3.8, 4) is 0 Å². The van der Waals surface area contributed by atoms with Gasteiger partial charge in [-0.05, 0) is 62.1 Å². The van der Waals surface area contributed by atoms with Crippen LogP contribution in [-0.4, -0.2) is 24.5 Å². The molecule has 1 aromatic rings. The van der Waals surface area contributed by atoms with Crippen molar-refractivity contribution in [2.75, 3.05) is 6.61 Å². The third-order valence-corrected chi connectivity index (χ3v) is 4.66. The summed E-state index contributed by atoms with van der Waals surface area (Å²) in [6, 6.07) is 6.14. The Morgan fingerprint density at radius 2 is 1.83 bits per heavy atom. The number of esters is 1. The molecule has 0 saturated heterocycles. The summed E-state index contributed by atoms with van der Waals surface area (Å²) in [6.07, 6.45) is 4.54. The summed E-state index contributed by atoms with van der Waals surface area (Å²) in [6.45, 7) is 6.11. The smallest absolute Gasteiger partial charge is 0.310 e. The van der Waals surface area contributed by atoms with Crippen molar-refractivity contribution < 1.29 is 14.3 Å². The zero-order chi connectivity index (χ0) is 16.8. The highest BCUT2D eigenvalue weighted by Crippen LogP contribution is 2.23. The van der Waals surface area contributed by atoms with Crippen LogP contribution in [0.5, 0.6) is 0 Å². The fourth-order valence-corrected chi connectivity index (χ4v) is 2.95. The maximum atomic E-state index is 11.9. The molecule has 0 atom stereocenters. The van der Waals surface area contributed by atoms with Gasteiger partial charge in [-0.2, -0.15) is 0 Å². The number of nitrogens with one attached hydrogen (secondary N) is 1. The van der Waals surface area contributed by atoms with Crippen LogP contribution < -0.4 is 5.32 Å². The second kappa shape index (κ2) is 8.14. The molecular formula is C19H27NO3. The first kappa shape index (κ1) is 17.5. The van der Waals surface area contributed by atoms with E-state index in [0.29, 0.717) is 0 Å². The van der Waals surface area contributed by atoms with Crippen molar-refractivity contribution in [1.29, 1.82) is 0 Å². The second-order valence-electron chi connectivity index (χ2n) is 6.78. The molecule has 1 aromatic carbocycles. The van der Waals surface area contributed by atoms with Crippen LogP contribution in [0.4, 0.5) is 0 Å². The summed E-state index contributed by atoms with van der Waals surface area (Å²) in [5.74, 6) is 0.192. The van der Waals surface area contributed by atoms with Crippen LogP contribution in [0.2, 0.25) is 0 Å². The van der Waals surface area contributed by atoms with Crippen molar-refractivity contribution in [1.82, 2.24) is 5.32 Å². The number of rotatable bonds is 5. The molecule has 0 heterocycles. The highest BCUT2D eigenvalue weighted by atomic mass is 16.5. The van der Waals surface area contributed by atoms with Crippen LogP contribution in [0.1, 0.15) is 49.3 Å². The van der Waals surface area contributed by atoms with E-state index in [0.717, 1.165) is 42.7 Å². The number of carbonyl (C=O) groups excluding carboxylic acids is 2. The van der Waals surface area contributed by atoms with E-state index in [2.05, 4.69) is 12.2 Å². The number of hydrogen-bond donors (Lipinski definition) is 1. The van der Waals surface area contributed by atoms with Crippen LogP contribution in [0.3, 0.4) is 0 Å². The van der Waals surface area contributed by atoms with Gasteiger partial charge in [0.1, 0.15) is 0 Å². The molecule has 0 aromatic heterocycles. The highest BCUT2D eigenvalue weighted by Gasteiger charge is 2.20. The molecule has 1 aliphatic rings. The first-order chi connectivity index (χ1) is 10.9. The summed E-state index contributed by atoms with van der Waals surface area (Å²) >= 11 is 0. The molecular weight excluding hydrogens is 290 g/mol. The number of carbonyl (C=O) groups is 2. The lowest BCUT2D eigenvalue weighted by Gasteiger charge is -2.26. The molecule has 1 saturated carbocycles. The molecule has 0 aliphatic heterocycles. The van der Waals surface area contributed by atoms with Gasteiger partial charge in [0.05, 0.1) is 6.42 Å². The summed E-state index contributed by atoms with van der Waals surface area (Å²) in [5, 5.41) is 2.96. The lowest BCUT2D eigenvalue weighted by molar-refractivity contribution is -0.148. The first-order valence-electron chi connectivity index (χ1n) is 8.45. The number of ether oxygens (including phenoxy) is 1. The monoisotopic (exact) mass is 317 g/mol. The van der Waals surface area contributed by atoms with E-state index in [-0.39, 0.29) is 30.9 Å². The Labute approximate surface area is 138 Å². The molecule has 4 nitrogen and oxygen atoms in total. The third-order valence-electron chi connectivity index (χ3n) is 4.66. The lowest BCUT2D eigenvalue weighted by atomic mass is 9.87. The van der Waals surface area contributed by atoms with Gasteiger partial charge in [-0.1, -0.05) is 25.1 Å². The zero-order valence-electron chi connectivity index (χ0n) is 14.4. The standard InChI is InChI=1S/C19H27NO3/c1-13-4-8-17(9-5-13)20-18(21)12-23-19(22)11-16-7-6-14(2)15(3)10-16/h6-7,10,13,17H,4-5,8-9,11-12H2,1-3H3,(H,20,21). The number of aryl methyl sites for hydroxylation is 2. The molecule has 23 heavy (non-hydrogen) atoms. The van der Waals surface area contributed by atoms with E-state index >= 15 is 0 Å². The average Bonchev–Trinajstić information content (AvgIpc) is 2.51. The molecule has 1 N–H and O–H groups in total. The Kier molecular flexibility index (Phi) is 6.20. The van der Waals surface area contributed by atoms with Crippen molar-refractivity contribution in [2.24, 2.45) is 5.92 Å². The summed E-state index contributed by atoms with van der Waals surface area (Å²) in [5.41, 5.74) is 3.27. The number of hydrogen-bond acceptors (Lipinski definition) is 3. The van der Waals surface area contributed by atoms with Crippen molar-refractivity contribution in [2.45, 2.75) is 58.9 Å². The maximum absolute atomic E-state index is 11.9. The van der Waals surface area contributed by atoms with Gasteiger partial charge < -0.3 is 10.1 Å². The van der Waals surface area contributed by atoms with Gasteiger partial charge in [0.2, 0.25) is 0 Å². The Bertz CT molecular complexity index is 560. The minimum absolute atomic E-state index is 0.185. The normalized spacial score (nSPS) is 20.8. The van der Waals surface area contributed by atoms with Crippen molar-refractivity contribution in [3.05, 3.63) is 34.9 Å². The van der Waals surface area contributed by atoms with Gasteiger partial charge >= 0.3 is 5.97 Å². The zero-order valence-corrected chi connectivity index (χ0v) is 14.4. The van der Waals surface area contributed by atoms with Gasteiger partial charge in [-0.3, -0.25) is 9.59 Å². The molecule has 4 heteroatoms. The van der Waals surface area contributed by atoms with E-state index in [4.69, 9.17) is 4.74 Å². The third kappa shape index (κ3) is 5.70. The molecule has 1 fully saturated rings. The molecule has 0 spiro atoms. The fourth-order valence-electron chi connectivity index (χ4n) is 2.95. The summed E-state index contributed by atoms with van der Waals surface area (Å²) in [4.78, 5) is 23.7. The second-order valence-corrected chi connectivity index (χ2v) is 6.78. The van der Waals surface area contributed by atoms with Crippen LogP contribution in [-0.2, 0) is 20.7 Å². The van der Waals surface area contributed by atoms with Gasteiger partial charge in [0.25, 0.3) is 5.91 Å². The SMILES string of the molecule is Cc1ccc(CC(=O)OCC(=O)NC2CCC(C)CC2)cc1C. The van der Waals surface area contributed by atoms with E-state index in [9.17, 15) is 9.59 Å². The predicted molar refractivity (Wildman–Crippen MR) is 90.1 cm³/mol. The molecule has 126 valence electrons. The van der Waals surface area contributed by atoms with Gasteiger partial charge in [0, 0.05) is 6.04 Å². The largest absolute Gasteiger partial charge is 0.455 e. The quantitative estimate of drug-likeness (QED) is 0.849. The molecule has 0 radical (unpaired) electrons. The Hall–Kier alpha value is -1.84. The van der Waals surface area contributed by atoms with Crippen LogP contribution in [0.15, 0.2) is 18.2 Å². The molecule has 0 bridgehead atoms. The van der Waals surface area contributed by atoms with Crippen LogP contribution in [0.25, 0.3) is 0 Å². The Morgan fingerprint density at radius 1 is 1.13 bits per heavy atom. The number of amides is 1. The predicted octanol–water partition coefficient (Wildman–Crippen LogP) is 3.08. The van der Waals surface area contributed by atoms with Gasteiger partial charge in [-0.15, -0.1) is 0 Å². The Morgan fingerprint density at radius 3 is 2.48 bits per heavy atom. The lowest BCUT2D eigenvalue weighted by Crippen LogP contribution is -2.39. The molecule has 1 aliphatic carbocycles. The first-order valence-corrected chi connectivity index (χ1v) is 8.45.